The van der Waals surface area contributed by atoms with E-state index in [0.29, 0.717) is 6.54 Å². The molecule has 2 saturated heterocycles. The summed E-state index contributed by atoms with van der Waals surface area (Å²) in [7, 11) is 0. The summed E-state index contributed by atoms with van der Waals surface area (Å²) in [4.78, 5) is 26.0. The summed E-state index contributed by atoms with van der Waals surface area (Å²) in [5, 5.41) is 0. The SMILES string of the molecule is CCCN1C(=O)[C@@H]2[C@H](C1=O)C1(C)C=C[C@@]2(C)O1. The van der Waals surface area contributed by atoms with Crippen LogP contribution in [0.2, 0.25) is 0 Å². The second-order valence-corrected chi connectivity index (χ2v) is 5.59. The van der Waals surface area contributed by atoms with Crippen molar-refractivity contribution in [2.45, 2.75) is 38.4 Å². The van der Waals surface area contributed by atoms with Gasteiger partial charge in [0.1, 0.15) is 0 Å². The topological polar surface area (TPSA) is 46.6 Å². The van der Waals surface area contributed by atoms with E-state index in [9.17, 15) is 9.59 Å². The van der Waals surface area contributed by atoms with E-state index >= 15 is 0 Å². The first-order valence-electron chi connectivity index (χ1n) is 6.19. The maximum Gasteiger partial charge on any atom is 0.236 e. The number of nitrogens with zero attached hydrogens (tertiary/aromatic N) is 1. The monoisotopic (exact) mass is 235 g/mol. The number of imide groups is 1. The van der Waals surface area contributed by atoms with Crippen LogP contribution in [0.5, 0.6) is 0 Å². The third-order valence-corrected chi connectivity index (χ3v) is 4.26. The second kappa shape index (κ2) is 2.99. The second-order valence-electron chi connectivity index (χ2n) is 5.59. The van der Waals surface area contributed by atoms with Crippen molar-refractivity contribution in [2.24, 2.45) is 11.8 Å². The zero-order valence-electron chi connectivity index (χ0n) is 10.4. The van der Waals surface area contributed by atoms with Gasteiger partial charge in [0.2, 0.25) is 11.8 Å². The molecule has 3 rings (SSSR count). The van der Waals surface area contributed by atoms with E-state index in [1.807, 2.05) is 32.9 Å². The fourth-order valence-corrected chi connectivity index (χ4v) is 3.53. The highest BCUT2D eigenvalue weighted by Crippen LogP contribution is 2.56. The van der Waals surface area contributed by atoms with Crippen LogP contribution in [0.25, 0.3) is 0 Å². The molecule has 0 N–H and O–H groups in total. The van der Waals surface area contributed by atoms with Crippen molar-refractivity contribution < 1.29 is 14.3 Å². The molecule has 2 bridgehead atoms. The number of rotatable bonds is 2. The standard InChI is InChI=1S/C13H17NO3/c1-4-7-14-10(15)8-9(11(14)16)13(3)6-5-12(8,2)17-13/h5-6,8-9H,4,7H2,1-3H3/t8-,9+,12+,13?/m0/s1. The van der Waals surface area contributed by atoms with Crippen LogP contribution in [-0.4, -0.2) is 34.5 Å². The molecule has 0 aromatic heterocycles. The van der Waals surface area contributed by atoms with Crippen LogP contribution in [0.15, 0.2) is 12.2 Å². The Morgan fingerprint density at radius 2 is 1.65 bits per heavy atom. The number of fused-ring (bicyclic) bond motifs is 5. The van der Waals surface area contributed by atoms with Crippen molar-refractivity contribution in [3.05, 3.63) is 12.2 Å². The van der Waals surface area contributed by atoms with E-state index < -0.39 is 11.2 Å². The van der Waals surface area contributed by atoms with Crippen molar-refractivity contribution in [1.29, 1.82) is 0 Å². The first kappa shape index (κ1) is 11.0. The van der Waals surface area contributed by atoms with Gasteiger partial charge in [0.25, 0.3) is 0 Å². The highest BCUT2D eigenvalue weighted by molar-refractivity contribution is 6.07. The maximum absolute atomic E-state index is 12.3. The number of hydrogen-bond donors (Lipinski definition) is 0. The van der Waals surface area contributed by atoms with Gasteiger partial charge in [-0.2, -0.15) is 0 Å². The Morgan fingerprint density at radius 3 is 2.06 bits per heavy atom. The molecule has 4 nitrogen and oxygen atoms in total. The van der Waals surface area contributed by atoms with Gasteiger partial charge < -0.3 is 4.74 Å². The predicted molar refractivity (Wildman–Crippen MR) is 61.0 cm³/mol. The highest BCUT2D eigenvalue weighted by atomic mass is 16.5. The number of ether oxygens (including phenoxy) is 1. The average molecular weight is 235 g/mol. The van der Waals surface area contributed by atoms with Crippen molar-refractivity contribution in [2.75, 3.05) is 6.54 Å². The largest absolute Gasteiger partial charge is 0.359 e. The van der Waals surface area contributed by atoms with Gasteiger partial charge in [0.05, 0.1) is 23.0 Å². The van der Waals surface area contributed by atoms with Gasteiger partial charge in [-0.15, -0.1) is 0 Å². The molecule has 3 aliphatic rings. The van der Waals surface area contributed by atoms with Crippen LogP contribution in [-0.2, 0) is 14.3 Å². The molecule has 4 atom stereocenters. The van der Waals surface area contributed by atoms with E-state index in [0.717, 1.165) is 6.42 Å². The molecule has 0 radical (unpaired) electrons. The van der Waals surface area contributed by atoms with E-state index in [1.165, 1.54) is 4.90 Å². The molecule has 0 aliphatic carbocycles. The smallest absolute Gasteiger partial charge is 0.236 e. The molecule has 0 spiro atoms. The molecule has 0 saturated carbocycles. The molecule has 2 amide bonds. The van der Waals surface area contributed by atoms with Crippen LogP contribution in [0.4, 0.5) is 0 Å². The minimum Gasteiger partial charge on any atom is -0.359 e. The van der Waals surface area contributed by atoms with Gasteiger partial charge in [-0.3, -0.25) is 14.5 Å². The zero-order valence-corrected chi connectivity index (χ0v) is 10.4. The lowest BCUT2D eigenvalue weighted by molar-refractivity contribution is -0.146. The maximum atomic E-state index is 12.3. The van der Waals surface area contributed by atoms with Crippen LogP contribution >= 0.6 is 0 Å². The molecular formula is C13H17NO3. The Morgan fingerprint density at radius 1 is 1.18 bits per heavy atom. The summed E-state index contributed by atoms with van der Waals surface area (Å²) in [5.41, 5.74) is -1.18. The molecule has 4 heteroatoms. The molecule has 17 heavy (non-hydrogen) atoms. The van der Waals surface area contributed by atoms with E-state index in [-0.39, 0.29) is 23.7 Å². The zero-order chi connectivity index (χ0) is 12.4. The number of carbonyl (C=O) groups is 2. The number of likely N-dealkylation sites (tertiary alicyclic amines) is 1. The van der Waals surface area contributed by atoms with Gasteiger partial charge in [-0.25, -0.2) is 0 Å². The lowest BCUT2D eigenvalue weighted by Gasteiger charge is -2.25. The average Bonchev–Trinajstić information content (AvgIpc) is 2.78. The van der Waals surface area contributed by atoms with E-state index in [1.54, 1.807) is 0 Å². The van der Waals surface area contributed by atoms with Gasteiger partial charge in [-0.05, 0) is 20.3 Å². The molecule has 3 aliphatic heterocycles. The summed E-state index contributed by atoms with van der Waals surface area (Å²) < 4.78 is 5.90. The Bertz CT molecular complexity index is 408. The summed E-state index contributed by atoms with van der Waals surface area (Å²) in [5.74, 6) is -0.761. The molecule has 92 valence electrons. The number of hydrogen-bond acceptors (Lipinski definition) is 3. The Balaban J connectivity index is 2.04. The molecule has 3 heterocycles. The molecule has 2 fully saturated rings. The van der Waals surface area contributed by atoms with Crippen LogP contribution < -0.4 is 0 Å². The van der Waals surface area contributed by atoms with E-state index in [4.69, 9.17) is 4.74 Å². The van der Waals surface area contributed by atoms with Crippen LogP contribution in [0, 0.1) is 11.8 Å². The first-order valence-corrected chi connectivity index (χ1v) is 6.19. The van der Waals surface area contributed by atoms with Gasteiger partial charge in [-0.1, -0.05) is 19.1 Å². The minimum atomic E-state index is -0.589. The van der Waals surface area contributed by atoms with Crippen LogP contribution in [0.1, 0.15) is 27.2 Å². The lowest BCUT2D eigenvalue weighted by atomic mass is 9.73. The summed E-state index contributed by atoms with van der Waals surface area (Å²) in [6.07, 6.45) is 4.68. The highest BCUT2D eigenvalue weighted by Gasteiger charge is 2.70. The fraction of sp³-hybridized carbons (Fsp3) is 0.692. The third kappa shape index (κ3) is 1.12. The van der Waals surface area contributed by atoms with E-state index in [2.05, 4.69) is 0 Å². The van der Waals surface area contributed by atoms with Crippen molar-refractivity contribution in [3.8, 4) is 0 Å². The molecule has 0 aromatic rings. The summed E-state index contributed by atoms with van der Waals surface area (Å²) >= 11 is 0. The van der Waals surface area contributed by atoms with Gasteiger partial charge >= 0.3 is 0 Å². The van der Waals surface area contributed by atoms with Gasteiger partial charge in [0, 0.05) is 6.54 Å². The number of carbonyl (C=O) groups excluding carboxylic acids is 2. The molecular weight excluding hydrogens is 218 g/mol. The summed E-state index contributed by atoms with van der Waals surface area (Å²) in [6.45, 7) is 6.30. The van der Waals surface area contributed by atoms with Crippen molar-refractivity contribution in [1.82, 2.24) is 4.90 Å². The quantitative estimate of drug-likeness (QED) is 0.532. The predicted octanol–water partition coefficient (Wildman–Crippen LogP) is 1.11. The Labute approximate surface area is 101 Å². The van der Waals surface area contributed by atoms with Crippen LogP contribution in [0.3, 0.4) is 0 Å². The minimum absolute atomic E-state index is 0.0579. The normalized spacial score (nSPS) is 47.1. The summed E-state index contributed by atoms with van der Waals surface area (Å²) in [6, 6.07) is 0. The third-order valence-electron chi connectivity index (χ3n) is 4.26. The Kier molecular flexibility index (Phi) is 1.93. The fourth-order valence-electron chi connectivity index (χ4n) is 3.53. The first-order chi connectivity index (χ1) is 7.93. The van der Waals surface area contributed by atoms with Crippen molar-refractivity contribution in [3.63, 3.8) is 0 Å². The lowest BCUT2D eigenvalue weighted by Crippen LogP contribution is -2.39. The molecule has 0 aromatic carbocycles. The van der Waals surface area contributed by atoms with Crippen molar-refractivity contribution >= 4 is 11.8 Å². The molecule has 1 unspecified atom stereocenters. The Hall–Kier alpha value is -1.16. The number of amides is 2. The van der Waals surface area contributed by atoms with Gasteiger partial charge in [0.15, 0.2) is 0 Å².